The van der Waals surface area contributed by atoms with E-state index in [0.717, 1.165) is 10.9 Å². The SMILES string of the molecule is CCC(CC(C)C)c1ccc(Cl)cc1. The van der Waals surface area contributed by atoms with Crippen molar-refractivity contribution >= 4 is 11.6 Å². The van der Waals surface area contributed by atoms with E-state index in [4.69, 9.17) is 11.6 Å². The molecule has 0 radical (unpaired) electrons. The third-order valence-corrected chi connectivity index (χ3v) is 2.84. The van der Waals surface area contributed by atoms with Gasteiger partial charge in [0, 0.05) is 5.02 Å². The fourth-order valence-electron chi connectivity index (χ4n) is 1.84. The maximum absolute atomic E-state index is 5.87. The van der Waals surface area contributed by atoms with Crippen molar-refractivity contribution in [2.75, 3.05) is 0 Å². The van der Waals surface area contributed by atoms with Crippen molar-refractivity contribution in [3.05, 3.63) is 34.9 Å². The van der Waals surface area contributed by atoms with Crippen LogP contribution >= 0.6 is 11.6 Å². The normalized spacial score (nSPS) is 13.2. The molecule has 0 heterocycles. The highest BCUT2D eigenvalue weighted by atomic mass is 35.5. The molecule has 0 saturated heterocycles. The van der Waals surface area contributed by atoms with E-state index in [9.17, 15) is 0 Å². The minimum atomic E-state index is 0.687. The summed E-state index contributed by atoms with van der Waals surface area (Å²) in [6, 6.07) is 8.28. The molecule has 14 heavy (non-hydrogen) atoms. The first-order valence-electron chi connectivity index (χ1n) is 5.39. The zero-order valence-electron chi connectivity index (χ0n) is 9.26. The van der Waals surface area contributed by atoms with Crippen molar-refractivity contribution in [3.8, 4) is 0 Å². The first-order chi connectivity index (χ1) is 6.63. The minimum Gasteiger partial charge on any atom is -0.0843 e. The van der Waals surface area contributed by atoms with Crippen LogP contribution in [0.5, 0.6) is 0 Å². The van der Waals surface area contributed by atoms with E-state index < -0.39 is 0 Å². The average molecular weight is 211 g/mol. The smallest absolute Gasteiger partial charge is 0.0406 e. The lowest BCUT2D eigenvalue weighted by Gasteiger charge is -2.17. The summed E-state index contributed by atoms with van der Waals surface area (Å²) in [5.41, 5.74) is 1.42. The first-order valence-corrected chi connectivity index (χ1v) is 5.76. The molecule has 0 spiro atoms. The molecule has 0 aliphatic carbocycles. The lowest BCUT2D eigenvalue weighted by Crippen LogP contribution is -2.01. The predicted octanol–water partition coefficient (Wildman–Crippen LogP) is 4.88. The van der Waals surface area contributed by atoms with Crippen LogP contribution in [-0.4, -0.2) is 0 Å². The monoisotopic (exact) mass is 210 g/mol. The Balaban J connectivity index is 2.73. The molecule has 0 amide bonds. The highest BCUT2D eigenvalue weighted by Gasteiger charge is 2.10. The Morgan fingerprint density at radius 3 is 2.14 bits per heavy atom. The van der Waals surface area contributed by atoms with Crippen molar-refractivity contribution < 1.29 is 0 Å². The molecule has 0 aliphatic heterocycles. The fraction of sp³-hybridized carbons (Fsp3) is 0.538. The Labute approximate surface area is 92.3 Å². The van der Waals surface area contributed by atoms with Gasteiger partial charge >= 0.3 is 0 Å². The second-order valence-electron chi connectivity index (χ2n) is 4.29. The quantitative estimate of drug-likeness (QED) is 0.665. The molecular weight excluding hydrogens is 192 g/mol. The maximum atomic E-state index is 5.87. The summed E-state index contributed by atoms with van der Waals surface area (Å²) >= 11 is 5.87. The Morgan fingerprint density at radius 1 is 1.14 bits per heavy atom. The Kier molecular flexibility index (Phi) is 4.47. The van der Waals surface area contributed by atoms with Crippen LogP contribution in [0.2, 0.25) is 5.02 Å². The highest BCUT2D eigenvalue weighted by molar-refractivity contribution is 6.30. The standard InChI is InChI=1S/C13H19Cl/c1-4-11(9-10(2)3)12-5-7-13(14)8-6-12/h5-8,10-11H,4,9H2,1-3H3. The third-order valence-electron chi connectivity index (χ3n) is 2.59. The molecule has 1 atom stereocenters. The molecule has 1 aromatic carbocycles. The van der Waals surface area contributed by atoms with Gasteiger partial charge < -0.3 is 0 Å². The maximum Gasteiger partial charge on any atom is 0.0406 e. The van der Waals surface area contributed by atoms with Gasteiger partial charge in [-0.15, -0.1) is 0 Å². The molecule has 1 aromatic rings. The van der Waals surface area contributed by atoms with Crippen LogP contribution in [0, 0.1) is 5.92 Å². The Bertz CT molecular complexity index is 261. The summed E-state index contributed by atoms with van der Waals surface area (Å²) in [4.78, 5) is 0. The molecule has 0 saturated carbocycles. The van der Waals surface area contributed by atoms with Gasteiger partial charge in [0.2, 0.25) is 0 Å². The van der Waals surface area contributed by atoms with Gasteiger partial charge in [0.15, 0.2) is 0 Å². The molecule has 0 N–H and O–H groups in total. The summed E-state index contributed by atoms with van der Waals surface area (Å²) in [6.07, 6.45) is 2.47. The molecule has 0 nitrogen and oxygen atoms in total. The van der Waals surface area contributed by atoms with Gasteiger partial charge in [0.25, 0.3) is 0 Å². The molecule has 1 rings (SSSR count). The van der Waals surface area contributed by atoms with Gasteiger partial charge in [-0.05, 0) is 42.4 Å². The topological polar surface area (TPSA) is 0 Å². The molecule has 1 heteroatoms. The van der Waals surface area contributed by atoms with E-state index in [-0.39, 0.29) is 0 Å². The summed E-state index contributed by atoms with van der Waals surface area (Å²) in [6.45, 7) is 6.80. The second-order valence-corrected chi connectivity index (χ2v) is 4.72. The van der Waals surface area contributed by atoms with Gasteiger partial charge in [-0.2, -0.15) is 0 Å². The minimum absolute atomic E-state index is 0.687. The molecule has 0 aliphatic rings. The van der Waals surface area contributed by atoms with Crippen LogP contribution < -0.4 is 0 Å². The van der Waals surface area contributed by atoms with Gasteiger partial charge in [-0.3, -0.25) is 0 Å². The second kappa shape index (κ2) is 5.41. The lowest BCUT2D eigenvalue weighted by atomic mass is 9.88. The predicted molar refractivity (Wildman–Crippen MR) is 63.9 cm³/mol. The number of rotatable bonds is 4. The van der Waals surface area contributed by atoms with Crippen molar-refractivity contribution in [2.45, 2.75) is 39.5 Å². The van der Waals surface area contributed by atoms with E-state index in [1.165, 1.54) is 18.4 Å². The summed E-state index contributed by atoms with van der Waals surface area (Å²) in [5, 5.41) is 0.827. The highest BCUT2D eigenvalue weighted by Crippen LogP contribution is 2.27. The van der Waals surface area contributed by atoms with Gasteiger partial charge in [-0.25, -0.2) is 0 Å². The zero-order valence-corrected chi connectivity index (χ0v) is 10.0. The van der Waals surface area contributed by atoms with Crippen LogP contribution in [0.1, 0.15) is 45.1 Å². The fourth-order valence-corrected chi connectivity index (χ4v) is 1.97. The average Bonchev–Trinajstić information content (AvgIpc) is 2.15. The van der Waals surface area contributed by atoms with E-state index in [2.05, 4.69) is 32.9 Å². The van der Waals surface area contributed by atoms with Gasteiger partial charge in [0.05, 0.1) is 0 Å². The van der Waals surface area contributed by atoms with Gasteiger partial charge in [0.1, 0.15) is 0 Å². The van der Waals surface area contributed by atoms with E-state index in [0.29, 0.717) is 5.92 Å². The Morgan fingerprint density at radius 2 is 1.71 bits per heavy atom. The summed E-state index contributed by atoms with van der Waals surface area (Å²) in [5.74, 6) is 1.45. The number of benzene rings is 1. The molecule has 1 unspecified atom stereocenters. The summed E-state index contributed by atoms with van der Waals surface area (Å²) < 4.78 is 0. The van der Waals surface area contributed by atoms with Crippen LogP contribution in [0.4, 0.5) is 0 Å². The van der Waals surface area contributed by atoms with Crippen LogP contribution in [-0.2, 0) is 0 Å². The van der Waals surface area contributed by atoms with Crippen molar-refractivity contribution in [1.82, 2.24) is 0 Å². The van der Waals surface area contributed by atoms with Crippen LogP contribution in [0.25, 0.3) is 0 Å². The largest absolute Gasteiger partial charge is 0.0843 e. The van der Waals surface area contributed by atoms with E-state index in [1.807, 2.05) is 12.1 Å². The first kappa shape index (κ1) is 11.6. The summed E-state index contributed by atoms with van der Waals surface area (Å²) in [7, 11) is 0. The molecule has 0 aromatic heterocycles. The molecule has 0 bridgehead atoms. The zero-order chi connectivity index (χ0) is 10.6. The van der Waals surface area contributed by atoms with Crippen LogP contribution in [0.3, 0.4) is 0 Å². The van der Waals surface area contributed by atoms with Crippen LogP contribution in [0.15, 0.2) is 24.3 Å². The van der Waals surface area contributed by atoms with E-state index in [1.54, 1.807) is 0 Å². The number of halogens is 1. The van der Waals surface area contributed by atoms with Crippen molar-refractivity contribution in [3.63, 3.8) is 0 Å². The van der Waals surface area contributed by atoms with Crippen molar-refractivity contribution in [1.29, 1.82) is 0 Å². The molecule has 0 fully saturated rings. The molecular formula is C13H19Cl. The third kappa shape index (κ3) is 3.34. The van der Waals surface area contributed by atoms with Gasteiger partial charge in [-0.1, -0.05) is 44.5 Å². The van der Waals surface area contributed by atoms with E-state index >= 15 is 0 Å². The number of hydrogen-bond donors (Lipinski definition) is 0. The molecule has 78 valence electrons. The van der Waals surface area contributed by atoms with Crippen molar-refractivity contribution in [2.24, 2.45) is 5.92 Å². The Hall–Kier alpha value is -0.490. The lowest BCUT2D eigenvalue weighted by molar-refractivity contribution is 0.489. The number of hydrogen-bond acceptors (Lipinski definition) is 0.